The second kappa shape index (κ2) is 11.1. The second-order valence-corrected chi connectivity index (χ2v) is 8.14. The second-order valence-electron chi connectivity index (χ2n) is 7.71. The normalized spacial score (nSPS) is 18.2. The molecule has 2 atom stereocenters. The van der Waals surface area contributed by atoms with Crippen molar-refractivity contribution in [3.8, 4) is 0 Å². The maximum atomic E-state index is 13.1. The number of nitrogens with zero attached hydrogens (tertiary/aromatic N) is 1. The van der Waals surface area contributed by atoms with Gasteiger partial charge >= 0.3 is 11.9 Å². The first-order valence-corrected chi connectivity index (χ1v) is 11.2. The van der Waals surface area contributed by atoms with Gasteiger partial charge in [-0.3, -0.25) is 9.79 Å². The van der Waals surface area contributed by atoms with E-state index >= 15 is 0 Å². The number of esters is 2. The van der Waals surface area contributed by atoms with Crippen molar-refractivity contribution in [2.45, 2.75) is 39.0 Å². The van der Waals surface area contributed by atoms with Crippen molar-refractivity contribution in [1.82, 2.24) is 0 Å². The summed E-state index contributed by atoms with van der Waals surface area (Å²) in [6.07, 6.45) is 2.26. The van der Waals surface area contributed by atoms with Crippen LogP contribution in [0.2, 0.25) is 5.02 Å². The molecule has 0 spiro atoms. The maximum Gasteiger partial charge on any atom is 0.336 e. The number of hydrogen-bond acceptors (Lipinski definition) is 5. The van der Waals surface area contributed by atoms with Crippen LogP contribution in [0.1, 0.15) is 43.7 Å². The van der Waals surface area contributed by atoms with Crippen LogP contribution < -0.4 is 0 Å². The summed E-state index contributed by atoms with van der Waals surface area (Å²) >= 11 is 6.26. The van der Waals surface area contributed by atoms with Crippen molar-refractivity contribution in [2.24, 2.45) is 10.9 Å². The highest BCUT2D eigenvalue weighted by Gasteiger charge is 2.42. The van der Waals surface area contributed by atoms with Gasteiger partial charge < -0.3 is 9.47 Å². The van der Waals surface area contributed by atoms with Gasteiger partial charge in [0.05, 0.1) is 25.0 Å². The zero-order chi connectivity index (χ0) is 23.1. The van der Waals surface area contributed by atoms with Crippen molar-refractivity contribution >= 4 is 29.3 Å². The van der Waals surface area contributed by atoms with Crippen molar-refractivity contribution in [1.29, 1.82) is 0 Å². The van der Waals surface area contributed by atoms with Crippen molar-refractivity contribution in [3.63, 3.8) is 0 Å². The van der Waals surface area contributed by atoms with Crippen LogP contribution in [0.5, 0.6) is 0 Å². The summed E-state index contributed by atoms with van der Waals surface area (Å²) in [5, 5.41) is 0.528. The molecule has 0 bridgehead atoms. The third-order valence-electron chi connectivity index (χ3n) is 5.60. The van der Waals surface area contributed by atoms with E-state index in [0.29, 0.717) is 28.4 Å². The number of allylic oxidation sites excluding steroid dienone is 1. The van der Waals surface area contributed by atoms with Gasteiger partial charge in [0, 0.05) is 16.7 Å². The largest absolute Gasteiger partial charge is 0.468 e. The van der Waals surface area contributed by atoms with E-state index in [9.17, 15) is 9.59 Å². The lowest BCUT2D eigenvalue weighted by Gasteiger charge is -2.32. The fourth-order valence-corrected chi connectivity index (χ4v) is 4.37. The highest BCUT2D eigenvalue weighted by molar-refractivity contribution is 6.30. The minimum absolute atomic E-state index is 0.230. The van der Waals surface area contributed by atoms with E-state index < -0.39 is 23.8 Å². The van der Waals surface area contributed by atoms with Gasteiger partial charge in [-0.1, -0.05) is 54.1 Å². The Kier molecular flexibility index (Phi) is 8.23. The molecule has 1 aliphatic heterocycles. The Morgan fingerprint density at radius 2 is 1.81 bits per heavy atom. The smallest absolute Gasteiger partial charge is 0.336 e. The fourth-order valence-electron chi connectivity index (χ4n) is 4.17. The van der Waals surface area contributed by atoms with Gasteiger partial charge in [0.1, 0.15) is 5.92 Å². The molecular weight excluding hydrogens is 426 g/mol. The monoisotopic (exact) mass is 453 g/mol. The first-order chi connectivity index (χ1) is 15.5. The predicted molar refractivity (Wildman–Crippen MR) is 126 cm³/mol. The lowest BCUT2D eigenvalue weighted by atomic mass is 9.75. The van der Waals surface area contributed by atoms with Gasteiger partial charge in [-0.25, -0.2) is 4.79 Å². The van der Waals surface area contributed by atoms with Crippen molar-refractivity contribution in [3.05, 3.63) is 82.0 Å². The molecular formula is C26H28ClNO4. The topological polar surface area (TPSA) is 65.0 Å². The van der Waals surface area contributed by atoms with E-state index in [0.717, 1.165) is 18.4 Å². The molecule has 1 heterocycles. The molecule has 0 saturated carbocycles. The van der Waals surface area contributed by atoms with Crippen LogP contribution in [-0.4, -0.2) is 31.4 Å². The third-order valence-corrected chi connectivity index (χ3v) is 5.83. The number of carbonyl (C=O) groups excluding carboxylic acids is 2. The molecule has 0 aliphatic carbocycles. The minimum Gasteiger partial charge on any atom is -0.468 e. The molecule has 3 rings (SSSR count). The van der Waals surface area contributed by atoms with Crippen molar-refractivity contribution < 1.29 is 19.1 Å². The van der Waals surface area contributed by atoms with Gasteiger partial charge in [-0.05, 0) is 56.4 Å². The molecule has 0 radical (unpaired) electrons. The van der Waals surface area contributed by atoms with Gasteiger partial charge in [0.25, 0.3) is 0 Å². The van der Waals surface area contributed by atoms with E-state index in [-0.39, 0.29) is 6.61 Å². The number of aliphatic imine (C=N–C) groups is 1. The third kappa shape index (κ3) is 5.46. The molecule has 5 nitrogen and oxygen atoms in total. The van der Waals surface area contributed by atoms with Crippen LogP contribution >= 0.6 is 11.6 Å². The van der Waals surface area contributed by atoms with Crippen molar-refractivity contribution in [2.75, 3.05) is 13.7 Å². The molecule has 168 valence electrons. The molecule has 0 N–H and O–H groups in total. The minimum atomic E-state index is -0.726. The Labute approximate surface area is 194 Å². The first kappa shape index (κ1) is 23.7. The summed E-state index contributed by atoms with van der Waals surface area (Å²) in [6.45, 7) is 3.79. The fraction of sp³-hybridized carbons (Fsp3) is 0.346. The average molecular weight is 454 g/mol. The zero-order valence-electron chi connectivity index (χ0n) is 18.6. The Balaban J connectivity index is 2.05. The van der Waals surface area contributed by atoms with Gasteiger partial charge in [-0.2, -0.15) is 0 Å². The van der Waals surface area contributed by atoms with Crippen LogP contribution in [0, 0.1) is 5.92 Å². The Bertz CT molecular complexity index is 1030. The summed E-state index contributed by atoms with van der Waals surface area (Å²) < 4.78 is 10.5. The molecule has 2 aromatic rings. The number of carbonyl (C=O) groups is 2. The van der Waals surface area contributed by atoms with Crippen LogP contribution in [0.25, 0.3) is 0 Å². The number of methoxy groups -OCH3 is 1. The molecule has 0 aromatic heterocycles. The standard InChI is InChI=1S/C26H28ClNO4/c1-4-32-26(30)24-21(15-8-12-18-10-6-5-7-11-18)28-17(2)22(25(29)31-3)23(24)19-13-9-14-20(27)16-19/h5-7,9-11,13-14,16,22-23H,4,8,12,15H2,1-3H3. The van der Waals surface area contributed by atoms with Gasteiger partial charge in [0.15, 0.2) is 0 Å². The Morgan fingerprint density at radius 1 is 1.06 bits per heavy atom. The lowest BCUT2D eigenvalue weighted by Crippen LogP contribution is -2.36. The highest BCUT2D eigenvalue weighted by Crippen LogP contribution is 2.41. The predicted octanol–water partition coefficient (Wildman–Crippen LogP) is 5.53. The molecule has 0 saturated heterocycles. The van der Waals surface area contributed by atoms with E-state index in [1.807, 2.05) is 30.3 Å². The van der Waals surface area contributed by atoms with Crippen LogP contribution in [-0.2, 0) is 25.5 Å². The van der Waals surface area contributed by atoms with E-state index in [2.05, 4.69) is 12.1 Å². The maximum absolute atomic E-state index is 13.1. The van der Waals surface area contributed by atoms with E-state index in [1.54, 1.807) is 26.0 Å². The number of rotatable bonds is 8. The molecule has 0 fully saturated rings. The summed E-state index contributed by atoms with van der Waals surface area (Å²) in [7, 11) is 1.34. The number of hydrogen-bond donors (Lipinski definition) is 0. The van der Waals surface area contributed by atoms with E-state index in [1.165, 1.54) is 12.7 Å². The molecule has 0 amide bonds. The SMILES string of the molecule is CCOC(=O)C1=C(CCCc2ccccc2)N=C(C)C(C(=O)OC)C1c1cccc(Cl)c1. The van der Waals surface area contributed by atoms with Gasteiger partial charge in [-0.15, -0.1) is 0 Å². The summed E-state index contributed by atoms with van der Waals surface area (Å²) in [6, 6.07) is 17.4. The molecule has 32 heavy (non-hydrogen) atoms. The number of halogens is 1. The Morgan fingerprint density at radius 3 is 2.47 bits per heavy atom. The quantitative estimate of drug-likeness (QED) is 0.493. The Hall–Kier alpha value is -2.92. The zero-order valence-corrected chi connectivity index (χ0v) is 19.4. The van der Waals surface area contributed by atoms with Crippen LogP contribution in [0.15, 0.2) is 70.9 Å². The van der Waals surface area contributed by atoms with E-state index in [4.69, 9.17) is 26.1 Å². The number of benzene rings is 2. The molecule has 1 aliphatic rings. The first-order valence-electron chi connectivity index (χ1n) is 10.8. The lowest BCUT2D eigenvalue weighted by molar-refractivity contribution is -0.144. The van der Waals surface area contributed by atoms with Crippen LogP contribution in [0.4, 0.5) is 0 Å². The summed E-state index contributed by atoms with van der Waals surface area (Å²) in [5.74, 6) is -2.21. The number of aryl methyl sites for hydroxylation is 1. The number of ether oxygens (including phenoxy) is 2. The molecule has 2 aromatic carbocycles. The van der Waals surface area contributed by atoms with Crippen LogP contribution in [0.3, 0.4) is 0 Å². The average Bonchev–Trinajstić information content (AvgIpc) is 2.79. The highest BCUT2D eigenvalue weighted by atomic mass is 35.5. The summed E-state index contributed by atoms with van der Waals surface area (Å²) in [5.41, 5.74) is 3.65. The van der Waals surface area contributed by atoms with Gasteiger partial charge in [0.2, 0.25) is 0 Å². The summed E-state index contributed by atoms with van der Waals surface area (Å²) in [4.78, 5) is 30.6. The molecule has 6 heteroatoms. The molecule has 2 unspecified atom stereocenters.